The first-order valence-corrected chi connectivity index (χ1v) is 4.76. The smallest absolute Gasteiger partial charge is 0.202 e. The van der Waals surface area contributed by atoms with Crippen molar-refractivity contribution >= 4 is 5.78 Å². The van der Waals surface area contributed by atoms with Gasteiger partial charge in [-0.25, -0.2) is 0 Å². The van der Waals surface area contributed by atoms with E-state index in [-0.39, 0.29) is 11.9 Å². The van der Waals surface area contributed by atoms with Gasteiger partial charge in [0.1, 0.15) is 6.33 Å². The van der Waals surface area contributed by atoms with Crippen molar-refractivity contribution in [2.75, 3.05) is 6.61 Å². The molecular formula is C9H13N3O2. The normalized spacial score (nSPS) is 21.4. The maximum atomic E-state index is 11.7. The second-order valence-electron chi connectivity index (χ2n) is 3.53. The third kappa shape index (κ3) is 1.82. The van der Waals surface area contributed by atoms with Crippen LogP contribution in [0.25, 0.3) is 0 Å². The van der Waals surface area contributed by atoms with Gasteiger partial charge in [-0.1, -0.05) is 0 Å². The Balaban J connectivity index is 1.98. The summed E-state index contributed by atoms with van der Waals surface area (Å²) in [5.74, 6) is 0.428. The first-order chi connectivity index (χ1) is 6.77. The average Bonchev–Trinajstić information content (AvgIpc) is 2.75. The van der Waals surface area contributed by atoms with E-state index in [4.69, 9.17) is 4.74 Å². The number of carbonyl (C=O) groups excluding carboxylic acids is 1. The van der Waals surface area contributed by atoms with Crippen LogP contribution in [-0.2, 0) is 11.8 Å². The molecule has 1 aliphatic rings. The Morgan fingerprint density at radius 1 is 1.79 bits per heavy atom. The summed E-state index contributed by atoms with van der Waals surface area (Å²) in [7, 11) is 1.77. The molecule has 0 N–H and O–H groups in total. The largest absolute Gasteiger partial charge is 0.378 e. The van der Waals surface area contributed by atoms with Crippen LogP contribution < -0.4 is 0 Å². The Morgan fingerprint density at radius 2 is 2.64 bits per heavy atom. The lowest BCUT2D eigenvalue weighted by atomic mass is 10.1. The fourth-order valence-corrected chi connectivity index (χ4v) is 1.64. The van der Waals surface area contributed by atoms with Gasteiger partial charge < -0.3 is 9.30 Å². The van der Waals surface area contributed by atoms with E-state index in [0.29, 0.717) is 12.2 Å². The first kappa shape index (κ1) is 9.33. The van der Waals surface area contributed by atoms with E-state index >= 15 is 0 Å². The minimum atomic E-state index is 0.0110. The zero-order chi connectivity index (χ0) is 9.97. The number of hydrogen-bond donors (Lipinski definition) is 0. The number of nitrogens with zero attached hydrogens (tertiary/aromatic N) is 3. The van der Waals surface area contributed by atoms with Gasteiger partial charge in [0.15, 0.2) is 5.82 Å². The van der Waals surface area contributed by atoms with E-state index in [0.717, 1.165) is 19.4 Å². The molecule has 1 aromatic heterocycles. The predicted octanol–water partition coefficient (Wildman–Crippen LogP) is 0.567. The third-order valence-electron chi connectivity index (χ3n) is 2.40. The predicted molar refractivity (Wildman–Crippen MR) is 48.9 cm³/mol. The Bertz CT molecular complexity index is 329. The van der Waals surface area contributed by atoms with Crippen molar-refractivity contribution in [3.8, 4) is 0 Å². The van der Waals surface area contributed by atoms with Crippen LogP contribution in [0.4, 0.5) is 0 Å². The van der Waals surface area contributed by atoms with Crippen molar-refractivity contribution in [1.82, 2.24) is 14.8 Å². The van der Waals surface area contributed by atoms with Gasteiger partial charge in [-0.3, -0.25) is 4.79 Å². The molecule has 0 saturated carbocycles. The molecule has 14 heavy (non-hydrogen) atoms. The highest BCUT2D eigenvalue weighted by Crippen LogP contribution is 2.16. The molecular weight excluding hydrogens is 182 g/mol. The molecule has 0 radical (unpaired) electrons. The van der Waals surface area contributed by atoms with Crippen molar-refractivity contribution in [2.24, 2.45) is 7.05 Å². The van der Waals surface area contributed by atoms with Gasteiger partial charge >= 0.3 is 0 Å². The quantitative estimate of drug-likeness (QED) is 0.661. The van der Waals surface area contributed by atoms with Crippen LogP contribution in [0.3, 0.4) is 0 Å². The molecule has 1 aromatic rings. The van der Waals surface area contributed by atoms with E-state index in [1.807, 2.05) is 0 Å². The van der Waals surface area contributed by atoms with Crippen molar-refractivity contribution in [1.29, 1.82) is 0 Å². The molecule has 0 aliphatic carbocycles. The number of ether oxygens (including phenoxy) is 1. The fraction of sp³-hybridized carbons (Fsp3) is 0.667. The second-order valence-corrected chi connectivity index (χ2v) is 3.53. The van der Waals surface area contributed by atoms with E-state index in [9.17, 15) is 4.79 Å². The van der Waals surface area contributed by atoms with Gasteiger partial charge in [0.05, 0.1) is 6.10 Å². The van der Waals surface area contributed by atoms with Gasteiger partial charge in [0.25, 0.3) is 0 Å². The molecule has 0 spiro atoms. The Kier molecular flexibility index (Phi) is 2.58. The molecule has 1 fully saturated rings. The molecule has 1 unspecified atom stereocenters. The highest BCUT2D eigenvalue weighted by molar-refractivity contribution is 5.92. The van der Waals surface area contributed by atoms with Gasteiger partial charge in [0, 0.05) is 20.1 Å². The summed E-state index contributed by atoms with van der Waals surface area (Å²) in [4.78, 5) is 11.7. The molecule has 1 atom stereocenters. The first-order valence-electron chi connectivity index (χ1n) is 4.76. The standard InChI is InChI=1S/C9H13N3O2/c1-12-6-10-11-9(12)8(13)5-7-3-2-4-14-7/h6-7H,2-5H2,1H3. The van der Waals surface area contributed by atoms with E-state index < -0.39 is 0 Å². The third-order valence-corrected chi connectivity index (χ3v) is 2.40. The molecule has 5 nitrogen and oxygen atoms in total. The van der Waals surface area contributed by atoms with E-state index in [2.05, 4.69) is 10.2 Å². The van der Waals surface area contributed by atoms with Gasteiger partial charge in [-0.15, -0.1) is 10.2 Å². The highest BCUT2D eigenvalue weighted by atomic mass is 16.5. The monoisotopic (exact) mass is 195 g/mol. The topological polar surface area (TPSA) is 57.0 Å². The number of hydrogen-bond acceptors (Lipinski definition) is 4. The lowest BCUT2D eigenvalue weighted by Gasteiger charge is -2.06. The zero-order valence-corrected chi connectivity index (χ0v) is 8.14. The maximum absolute atomic E-state index is 11.7. The minimum absolute atomic E-state index is 0.0110. The molecule has 0 aromatic carbocycles. The minimum Gasteiger partial charge on any atom is -0.378 e. The van der Waals surface area contributed by atoms with E-state index in [1.54, 1.807) is 11.6 Å². The molecule has 2 heterocycles. The number of Topliss-reactive ketones (excluding diaryl/α,β-unsaturated/α-hetero) is 1. The molecule has 1 aliphatic heterocycles. The number of aryl methyl sites for hydroxylation is 1. The van der Waals surface area contributed by atoms with Crippen LogP contribution in [0.15, 0.2) is 6.33 Å². The molecule has 2 rings (SSSR count). The summed E-state index contributed by atoms with van der Waals surface area (Å²) in [5.41, 5.74) is 0. The molecule has 0 bridgehead atoms. The highest BCUT2D eigenvalue weighted by Gasteiger charge is 2.22. The van der Waals surface area contributed by atoms with Crippen LogP contribution in [0, 0.1) is 0 Å². The SMILES string of the molecule is Cn1cnnc1C(=O)CC1CCCO1. The maximum Gasteiger partial charge on any atom is 0.202 e. The Morgan fingerprint density at radius 3 is 3.21 bits per heavy atom. The number of ketones is 1. The van der Waals surface area contributed by atoms with Crippen LogP contribution in [0.5, 0.6) is 0 Å². The van der Waals surface area contributed by atoms with Crippen molar-refractivity contribution < 1.29 is 9.53 Å². The summed E-state index contributed by atoms with van der Waals surface area (Å²) < 4.78 is 7.02. The summed E-state index contributed by atoms with van der Waals surface area (Å²) in [6.07, 6.45) is 4.06. The zero-order valence-electron chi connectivity index (χ0n) is 8.14. The van der Waals surface area contributed by atoms with Gasteiger partial charge in [-0.05, 0) is 12.8 Å². The average molecular weight is 195 g/mol. The van der Waals surface area contributed by atoms with Crippen molar-refractivity contribution in [2.45, 2.75) is 25.4 Å². The van der Waals surface area contributed by atoms with Gasteiger partial charge in [0.2, 0.25) is 5.78 Å². The Hall–Kier alpha value is -1.23. The fourth-order valence-electron chi connectivity index (χ4n) is 1.64. The molecule has 1 saturated heterocycles. The van der Waals surface area contributed by atoms with Crippen LogP contribution >= 0.6 is 0 Å². The summed E-state index contributed by atoms with van der Waals surface area (Å²) in [5, 5.41) is 7.43. The summed E-state index contributed by atoms with van der Waals surface area (Å²) in [6, 6.07) is 0. The van der Waals surface area contributed by atoms with Crippen molar-refractivity contribution in [3.05, 3.63) is 12.2 Å². The second kappa shape index (κ2) is 3.88. The number of aromatic nitrogens is 3. The number of rotatable bonds is 3. The van der Waals surface area contributed by atoms with Crippen LogP contribution in [0.2, 0.25) is 0 Å². The summed E-state index contributed by atoms with van der Waals surface area (Å²) >= 11 is 0. The lowest BCUT2D eigenvalue weighted by Crippen LogP contribution is -2.15. The molecule has 5 heteroatoms. The number of carbonyl (C=O) groups is 1. The van der Waals surface area contributed by atoms with Gasteiger partial charge in [-0.2, -0.15) is 0 Å². The van der Waals surface area contributed by atoms with Crippen LogP contribution in [-0.4, -0.2) is 33.3 Å². The Labute approximate surface area is 82.1 Å². The lowest BCUT2D eigenvalue weighted by molar-refractivity contribution is 0.0764. The van der Waals surface area contributed by atoms with Crippen LogP contribution in [0.1, 0.15) is 29.9 Å². The molecule has 0 amide bonds. The molecule has 76 valence electrons. The van der Waals surface area contributed by atoms with Crippen molar-refractivity contribution in [3.63, 3.8) is 0 Å². The van der Waals surface area contributed by atoms with E-state index in [1.165, 1.54) is 6.33 Å². The summed E-state index contributed by atoms with van der Waals surface area (Å²) in [6.45, 7) is 0.775.